The van der Waals surface area contributed by atoms with Crippen molar-refractivity contribution in [3.8, 4) is 5.75 Å². The molecule has 3 nitrogen and oxygen atoms in total. The molecule has 5 heteroatoms. The van der Waals surface area contributed by atoms with Crippen molar-refractivity contribution in [2.24, 2.45) is 0 Å². The van der Waals surface area contributed by atoms with Gasteiger partial charge in [0.2, 0.25) is 0 Å². The molecule has 0 aliphatic heterocycles. The molecule has 0 bridgehead atoms. The molecule has 1 aromatic heterocycles. The summed E-state index contributed by atoms with van der Waals surface area (Å²) in [4.78, 5) is 0. The zero-order chi connectivity index (χ0) is 13.0. The summed E-state index contributed by atoms with van der Waals surface area (Å²) in [5, 5.41) is 2.98. The first-order valence-corrected chi connectivity index (χ1v) is 5.48. The van der Waals surface area contributed by atoms with Crippen LogP contribution in [0.4, 0.5) is 8.78 Å². The largest absolute Gasteiger partial charge is 0.482 e. The van der Waals surface area contributed by atoms with Gasteiger partial charge in [0.15, 0.2) is 11.6 Å². The van der Waals surface area contributed by atoms with Gasteiger partial charge in [-0.3, -0.25) is 0 Å². The van der Waals surface area contributed by atoms with Crippen LogP contribution in [0.5, 0.6) is 5.75 Å². The van der Waals surface area contributed by atoms with Crippen LogP contribution in [-0.4, -0.2) is 7.05 Å². The number of ether oxygens (including phenoxy) is 1. The molecule has 0 amide bonds. The van der Waals surface area contributed by atoms with Gasteiger partial charge in [-0.25, -0.2) is 8.78 Å². The van der Waals surface area contributed by atoms with E-state index >= 15 is 0 Å². The van der Waals surface area contributed by atoms with Crippen LogP contribution in [0.25, 0.3) is 0 Å². The fourth-order valence-corrected chi connectivity index (χ4v) is 1.57. The normalized spacial score (nSPS) is 10.6. The van der Waals surface area contributed by atoms with Gasteiger partial charge in [0.05, 0.1) is 6.26 Å². The summed E-state index contributed by atoms with van der Waals surface area (Å²) in [7, 11) is 1.81. The summed E-state index contributed by atoms with van der Waals surface area (Å²) in [6.45, 7) is 0.686. The Morgan fingerprint density at radius 2 is 2.11 bits per heavy atom. The summed E-state index contributed by atoms with van der Waals surface area (Å²) in [5.41, 5.74) is 0.925. The molecule has 0 saturated heterocycles. The molecule has 96 valence electrons. The summed E-state index contributed by atoms with van der Waals surface area (Å²) in [5.74, 6) is -0.672. The minimum atomic E-state index is -0.599. The molecule has 18 heavy (non-hydrogen) atoms. The van der Waals surface area contributed by atoms with Gasteiger partial charge in [-0.05, 0) is 25.2 Å². The van der Waals surface area contributed by atoms with E-state index in [9.17, 15) is 8.78 Å². The third-order valence-corrected chi connectivity index (χ3v) is 2.46. The first-order valence-electron chi connectivity index (χ1n) is 5.48. The molecule has 0 fully saturated rings. The maximum Gasteiger partial charge on any atom is 0.165 e. The van der Waals surface area contributed by atoms with Gasteiger partial charge in [-0.2, -0.15) is 0 Å². The number of hydrogen-bond donors (Lipinski definition) is 1. The number of benzene rings is 1. The highest BCUT2D eigenvalue weighted by atomic mass is 19.1. The molecule has 0 aliphatic carbocycles. The van der Waals surface area contributed by atoms with Crippen LogP contribution in [0.1, 0.15) is 11.3 Å². The smallest absolute Gasteiger partial charge is 0.165 e. The predicted octanol–water partition coefficient (Wildman–Crippen LogP) is 2.86. The van der Waals surface area contributed by atoms with Gasteiger partial charge in [-0.1, -0.05) is 0 Å². The van der Waals surface area contributed by atoms with E-state index in [2.05, 4.69) is 5.32 Å². The number of nitrogens with one attached hydrogen (secondary N) is 1. The van der Waals surface area contributed by atoms with E-state index in [0.29, 0.717) is 12.3 Å². The standard InChI is InChI=1S/C13H13F2NO2/c1-16-7-9-4-5-17-13(9)8-18-12-6-10(14)2-3-11(12)15/h2-6,16H,7-8H2,1H3. The summed E-state index contributed by atoms with van der Waals surface area (Å²) in [6.07, 6.45) is 1.54. The minimum Gasteiger partial charge on any atom is -0.482 e. The Hall–Kier alpha value is -1.88. The van der Waals surface area contributed by atoms with Crippen molar-refractivity contribution < 1.29 is 17.9 Å². The minimum absolute atomic E-state index is 0.0599. The highest BCUT2D eigenvalue weighted by Gasteiger charge is 2.09. The fraction of sp³-hybridized carbons (Fsp3) is 0.231. The quantitative estimate of drug-likeness (QED) is 0.889. The molecular formula is C13H13F2NO2. The molecule has 0 unspecified atom stereocenters. The first kappa shape index (κ1) is 12.6. The lowest BCUT2D eigenvalue weighted by Gasteiger charge is -2.07. The SMILES string of the molecule is CNCc1ccoc1COc1cc(F)ccc1F. The zero-order valence-electron chi connectivity index (χ0n) is 9.87. The van der Waals surface area contributed by atoms with Crippen LogP contribution in [-0.2, 0) is 13.2 Å². The highest BCUT2D eigenvalue weighted by Crippen LogP contribution is 2.20. The molecule has 2 rings (SSSR count). The molecular weight excluding hydrogens is 240 g/mol. The van der Waals surface area contributed by atoms with Crippen LogP contribution in [0.2, 0.25) is 0 Å². The van der Waals surface area contributed by atoms with Gasteiger partial charge in [0.25, 0.3) is 0 Å². The summed E-state index contributed by atoms with van der Waals surface area (Å²) in [6, 6.07) is 4.88. The van der Waals surface area contributed by atoms with E-state index in [-0.39, 0.29) is 12.4 Å². The lowest BCUT2D eigenvalue weighted by Crippen LogP contribution is -2.07. The third kappa shape index (κ3) is 2.87. The Labute approximate surface area is 103 Å². The van der Waals surface area contributed by atoms with Crippen molar-refractivity contribution in [3.63, 3.8) is 0 Å². The average Bonchev–Trinajstić information content (AvgIpc) is 2.78. The molecule has 0 radical (unpaired) electrons. The second kappa shape index (κ2) is 5.64. The maximum absolute atomic E-state index is 13.3. The monoisotopic (exact) mass is 253 g/mol. The van der Waals surface area contributed by atoms with Gasteiger partial charge in [0, 0.05) is 18.2 Å². The average molecular weight is 253 g/mol. The van der Waals surface area contributed by atoms with Crippen molar-refractivity contribution in [3.05, 3.63) is 53.5 Å². The van der Waals surface area contributed by atoms with Gasteiger partial charge in [-0.15, -0.1) is 0 Å². The van der Waals surface area contributed by atoms with Gasteiger partial charge in [0.1, 0.15) is 18.2 Å². The van der Waals surface area contributed by atoms with E-state index in [4.69, 9.17) is 9.15 Å². The molecule has 0 atom stereocenters. The van der Waals surface area contributed by atoms with Crippen LogP contribution < -0.4 is 10.1 Å². The molecule has 0 aliphatic rings. The van der Waals surface area contributed by atoms with Crippen LogP contribution in [0.15, 0.2) is 34.9 Å². The maximum atomic E-state index is 13.3. The van der Waals surface area contributed by atoms with Crippen molar-refractivity contribution >= 4 is 0 Å². The summed E-state index contributed by atoms with van der Waals surface area (Å²) < 4.78 is 36.7. The lowest BCUT2D eigenvalue weighted by atomic mass is 10.2. The van der Waals surface area contributed by atoms with E-state index < -0.39 is 11.6 Å². The Kier molecular flexibility index (Phi) is 3.94. The number of furan rings is 1. The molecule has 2 aromatic rings. The van der Waals surface area contributed by atoms with Crippen LogP contribution in [0, 0.1) is 11.6 Å². The Morgan fingerprint density at radius 1 is 1.28 bits per heavy atom. The predicted molar refractivity (Wildman–Crippen MR) is 62.2 cm³/mol. The molecule has 1 N–H and O–H groups in total. The third-order valence-electron chi connectivity index (χ3n) is 2.46. The van der Waals surface area contributed by atoms with Crippen LogP contribution in [0.3, 0.4) is 0 Å². The Balaban J connectivity index is 2.06. The van der Waals surface area contributed by atoms with Gasteiger partial charge < -0.3 is 14.5 Å². The Bertz CT molecular complexity index is 525. The summed E-state index contributed by atoms with van der Waals surface area (Å²) >= 11 is 0. The van der Waals surface area contributed by atoms with E-state index in [1.54, 1.807) is 6.07 Å². The highest BCUT2D eigenvalue weighted by molar-refractivity contribution is 5.25. The Morgan fingerprint density at radius 3 is 2.89 bits per heavy atom. The first-order chi connectivity index (χ1) is 8.70. The van der Waals surface area contributed by atoms with Crippen molar-refractivity contribution in [1.29, 1.82) is 0 Å². The van der Waals surface area contributed by atoms with Crippen molar-refractivity contribution in [1.82, 2.24) is 5.32 Å². The van der Waals surface area contributed by atoms with E-state index in [0.717, 1.165) is 23.8 Å². The lowest BCUT2D eigenvalue weighted by molar-refractivity contribution is 0.255. The second-order valence-electron chi connectivity index (χ2n) is 3.76. The van der Waals surface area contributed by atoms with Crippen molar-refractivity contribution in [2.45, 2.75) is 13.2 Å². The van der Waals surface area contributed by atoms with E-state index in [1.807, 2.05) is 7.05 Å². The fourth-order valence-electron chi connectivity index (χ4n) is 1.57. The molecule has 1 aromatic carbocycles. The topological polar surface area (TPSA) is 34.4 Å². The van der Waals surface area contributed by atoms with Crippen molar-refractivity contribution in [2.75, 3.05) is 7.05 Å². The van der Waals surface area contributed by atoms with Crippen LogP contribution >= 0.6 is 0 Å². The molecule has 0 saturated carbocycles. The molecule has 0 spiro atoms. The zero-order valence-corrected chi connectivity index (χ0v) is 9.87. The number of rotatable bonds is 5. The second-order valence-corrected chi connectivity index (χ2v) is 3.76. The number of hydrogen-bond acceptors (Lipinski definition) is 3. The van der Waals surface area contributed by atoms with E-state index in [1.165, 1.54) is 6.26 Å². The number of halogens is 2. The van der Waals surface area contributed by atoms with Gasteiger partial charge >= 0.3 is 0 Å². The molecule has 1 heterocycles.